The highest BCUT2D eigenvalue weighted by atomic mass is 16.5. The first-order chi connectivity index (χ1) is 13.2. The minimum Gasteiger partial charge on any atom is -0.492 e. The van der Waals surface area contributed by atoms with Gasteiger partial charge in [-0.15, -0.1) is 0 Å². The van der Waals surface area contributed by atoms with E-state index >= 15 is 0 Å². The molecule has 0 atom stereocenters. The van der Waals surface area contributed by atoms with Crippen molar-refractivity contribution >= 4 is 5.96 Å². The number of aryl methyl sites for hydroxylation is 1. The summed E-state index contributed by atoms with van der Waals surface area (Å²) in [6.07, 6.45) is 3.94. The summed E-state index contributed by atoms with van der Waals surface area (Å²) < 4.78 is 7.76. The molecule has 2 heterocycles. The molecule has 146 valence electrons. The van der Waals surface area contributed by atoms with E-state index in [2.05, 4.69) is 38.3 Å². The third-order valence-corrected chi connectivity index (χ3v) is 4.69. The first kappa shape index (κ1) is 19.2. The molecule has 0 saturated carbocycles. The van der Waals surface area contributed by atoms with Crippen molar-refractivity contribution in [1.29, 1.82) is 0 Å². The van der Waals surface area contributed by atoms with Gasteiger partial charge in [-0.2, -0.15) is 5.10 Å². The number of piperazine rings is 1. The molecule has 0 spiro atoms. The predicted molar refractivity (Wildman–Crippen MR) is 108 cm³/mol. The highest BCUT2D eigenvalue weighted by molar-refractivity contribution is 5.79. The minimum absolute atomic E-state index is 0.722. The Labute approximate surface area is 161 Å². The lowest BCUT2D eigenvalue weighted by Crippen LogP contribution is -2.53. The number of aromatic nitrogens is 2. The van der Waals surface area contributed by atoms with Crippen molar-refractivity contribution < 1.29 is 4.74 Å². The molecule has 3 rings (SSSR count). The smallest absolute Gasteiger partial charge is 0.193 e. The van der Waals surface area contributed by atoms with E-state index < -0.39 is 0 Å². The van der Waals surface area contributed by atoms with E-state index in [0.717, 1.165) is 64.1 Å². The highest BCUT2D eigenvalue weighted by Gasteiger charge is 2.19. The summed E-state index contributed by atoms with van der Waals surface area (Å²) in [4.78, 5) is 9.20. The fraction of sp³-hybridized carbons (Fsp3) is 0.500. The SMILES string of the molecule is CN=C(NCCn1cc(C)cn1)N1CCN(CCOc2ccccc2)CC1. The molecular formula is C20H30N6O. The molecule has 0 bridgehead atoms. The molecule has 0 amide bonds. The van der Waals surface area contributed by atoms with Crippen LogP contribution in [0, 0.1) is 6.92 Å². The van der Waals surface area contributed by atoms with Gasteiger partial charge in [-0.1, -0.05) is 18.2 Å². The summed E-state index contributed by atoms with van der Waals surface area (Å²) >= 11 is 0. The highest BCUT2D eigenvalue weighted by Crippen LogP contribution is 2.08. The van der Waals surface area contributed by atoms with Gasteiger partial charge in [0.05, 0.1) is 12.7 Å². The van der Waals surface area contributed by atoms with Crippen molar-refractivity contribution in [1.82, 2.24) is 24.9 Å². The second-order valence-electron chi connectivity index (χ2n) is 6.74. The molecular weight excluding hydrogens is 340 g/mol. The molecule has 0 unspecified atom stereocenters. The maximum absolute atomic E-state index is 5.80. The number of hydrogen-bond acceptors (Lipinski definition) is 4. The Balaban J connectivity index is 1.34. The molecule has 1 aromatic heterocycles. The molecule has 0 aliphatic carbocycles. The van der Waals surface area contributed by atoms with Crippen LogP contribution in [0.2, 0.25) is 0 Å². The normalized spacial score (nSPS) is 15.8. The van der Waals surface area contributed by atoms with Gasteiger partial charge in [0.15, 0.2) is 5.96 Å². The lowest BCUT2D eigenvalue weighted by Gasteiger charge is -2.36. The molecule has 27 heavy (non-hydrogen) atoms. The number of nitrogens with one attached hydrogen (secondary N) is 1. The van der Waals surface area contributed by atoms with Crippen LogP contribution in [0.5, 0.6) is 5.75 Å². The van der Waals surface area contributed by atoms with Crippen molar-refractivity contribution in [2.45, 2.75) is 13.5 Å². The van der Waals surface area contributed by atoms with Gasteiger partial charge in [-0.25, -0.2) is 0 Å². The fourth-order valence-electron chi connectivity index (χ4n) is 3.20. The number of guanidine groups is 1. The lowest BCUT2D eigenvalue weighted by molar-refractivity contribution is 0.152. The quantitative estimate of drug-likeness (QED) is 0.591. The van der Waals surface area contributed by atoms with Crippen molar-refractivity contribution in [2.75, 3.05) is 52.9 Å². The Hall–Kier alpha value is -2.54. The Morgan fingerprint density at radius 1 is 1.15 bits per heavy atom. The zero-order chi connectivity index (χ0) is 18.9. The van der Waals surface area contributed by atoms with Crippen molar-refractivity contribution in [3.8, 4) is 5.75 Å². The van der Waals surface area contributed by atoms with Gasteiger partial charge in [0.1, 0.15) is 12.4 Å². The van der Waals surface area contributed by atoms with E-state index in [0.29, 0.717) is 0 Å². The zero-order valence-electron chi connectivity index (χ0n) is 16.3. The van der Waals surface area contributed by atoms with Crippen molar-refractivity contribution in [3.05, 3.63) is 48.3 Å². The van der Waals surface area contributed by atoms with Crippen LogP contribution in [-0.4, -0.2) is 78.5 Å². The number of nitrogens with zero attached hydrogens (tertiary/aromatic N) is 5. The molecule has 0 radical (unpaired) electrons. The Kier molecular flexibility index (Phi) is 7.10. The predicted octanol–water partition coefficient (Wildman–Crippen LogP) is 1.46. The molecule has 2 aromatic rings. The average Bonchev–Trinajstić information content (AvgIpc) is 3.12. The lowest BCUT2D eigenvalue weighted by atomic mass is 10.3. The van der Waals surface area contributed by atoms with Crippen molar-refractivity contribution in [3.63, 3.8) is 0 Å². The maximum Gasteiger partial charge on any atom is 0.193 e. The molecule has 1 saturated heterocycles. The summed E-state index contributed by atoms with van der Waals surface area (Å²) in [6.45, 7) is 9.39. The average molecular weight is 371 g/mol. The number of rotatable bonds is 7. The standard InChI is InChI=1S/C20H30N6O/c1-18-16-23-26(17-18)9-8-22-20(21-2)25-12-10-24(11-13-25)14-15-27-19-6-4-3-5-7-19/h3-7,16-17H,8-15H2,1-2H3,(H,21,22). The number of benzene rings is 1. The summed E-state index contributed by atoms with van der Waals surface area (Å²) in [5, 5.41) is 7.76. The van der Waals surface area contributed by atoms with E-state index in [1.54, 1.807) is 0 Å². The van der Waals surface area contributed by atoms with Gasteiger partial charge in [-0.05, 0) is 24.6 Å². The van der Waals surface area contributed by atoms with E-state index in [1.807, 2.05) is 48.3 Å². The number of hydrogen-bond donors (Lipinski definition) is 1. The molecule has 1 aromatic carbocycles. The van der Waals surface area contributed by atoms with E-state index in [1.165, 1.54) is 5.56 Å². The van der Waals surface area contributed by atoms with Gasteiger partial charge in [-0.3, -0.25) is 14.6 Å². The van der Waals surface area contributed by atoms with Crippen LogP contribution in [0.1, 0.15) is 5.56 Å². The first-order valence-electron chi connectivity index (χ1n) is 9.59. The van der Waals surface area contributed by atoms with Crippen LogP contribution in [-0.2, 0) is 6.54 Å². The van der Waals surface area contributed by atoms with Crippen LogP contribution in [0.4, 0.5) is 0 Å². The molecule has 1 aliphatic heterocycles. The fourth-order valence-corrected chi connectivity index (χ4v) is 3.20. The Morgan fingerprint density at radius 3 is 2.59 bits per heavy atom. The van der Waals surface area contributed by atoms with Crippen LogP contribution in [0.15, 0.2) is 47.7 Å². The third kappa shape index (κ3) is 5.99. The van der Waals surface area contributed by atoms with Crippen LogP contribution in [0.25, 0.3) is 0 Å². The van der Waals surface area contributed by atoms with E-state index in [4.69, 9.17) is 4.74 Å². The Morgan fingerprint density at radius 2 is 1.93 bits per heavy atom. The van der Waals surface area contributed by atoms with Gasteiger partial charge >= 0.3 is 0 Å². The molecule has 1 aliphatic rings. The second kappa shape index (κ2) is 9.97. The Bertz CT molecular complexity index is 706. The van der Waals surface area contributed by atoms with Gasteiger partial charge < -0.3 is 15.0 Å². The van der Waals surface area contributed by atoms with Gasteiger partial charge in [0, 0.05) is 52.5 Å². The topological polar surface area (TPSA) is 57.9 Å². The van der Waals surface area contributed by atoms with Gasteiger partial charge in [0.25, 0.3) is 0 Å². The van der Waals surface area contributed by atoms with Crippen LogP contribution in [0.3, 0.4) is 0 Å². The molecule has 7 nitrogen and oxygen atoms in total. The molecule has 1 fully saturated rings. The van der Waals surface area contributed by atoms with Crippen LogP contribution < -0.4 is 10.1 Å². The zero-order valence-corrected chi connectivity index (χ0v) is 16.3. The minimum atomic E-state index is 0.722. The summed E-state index contributed by atoms with van der Waals surface area (Å²) in [6, 6.07) is 10.00. The third-order valence-electron chi connectivity index (χ3n) is 4.69. The number of aliphatic imine (C=N–C) groups is 1. The second-order valence-corrected chi connectivity index (χ2v) is 6.74. The van der Waals surface area contributed by atoms with E-state index in [9.17, 15) is 0 Å². The maximum atomic E-state index is 5.80. The van der Waals surface area contributed by atoms with Gasteiger partial charge in [0.2, 0.25) is 0 Å². The monoisotopic (exact) mass is 370 g/mol. The van der Waals surface area contributed by atoms with E-state index in [-0.39, 0.29) is 0 Å². The van der Waals surface area contributed by atoms with Crippen molar-refractivity contribution in [2.24, 2.45) is 4.99 Å². The first-order valence-corrected chi connectivity index (χ1v) is 9.59. The number of ether oxygens (including phenoxy) is 1. The molecule has 1 N–H and O–H groups in total. The largest absolute Gasteiger partial charge is 0.492 e. The van der Waals surface area contributed by atoms with Crippen LogP contribution >= 0.6 is 0 Å². The summed E-state index contributed by atoms with van der Waals surface area (Å²) in [5.74, 6) is 1.91. The number of para-hydroxylation sites is 1. The summed E-state index contributed by atoms with van der Waals surface area (Å²) in [5.41, 5.74) is 1.19. The summed E-state index contributed by atoms with van der Waals surface area (Å²) in [7, 11) is 1.85. The molecule has 7 heteroatoms.